The Morgan fingerprint density at radius 1 is 1.07 bits per heavy atom. The van der Waals surface area contributed by atoms with Crippen molar-refractivity contribution < 1.29 is 45.4 Å². The molecule has 242 valence electrons. The summed E-state index contributed by atoms with van der Waals surface area (Å²) in [4.78, 5) is 36.9. The van der Waals surface area contributed by atoms with Gasteiger partial charge >= 0.3 is 24.4 Å². The molecule has 8 nitrogen and oxygen atoms in total. The summed E-state index contributed by atoms with van der Waals surface area (Å²) in [6.07, 6.45) is -6.85. The van der Waals surface area contributed by atoms with Crippen molar-refractivity contribution >= 4 is 33.8 Å². The van der Waals surface area contributed by atoms with Gasteiger partial charge in [0.2, 0.25) is 0 Å². The van der Waals surface area contributed by atoms with Crippen molar-refractivity contribution in [3.63, 3.8) is 0 Å². The minimum Gasteiger partial charge on any atom is -0.466 e. The minimum atomic E-state index is -5.03. The van der Waals surface area contributed by atoms with Gasteiger partial charge in [-0.3, -0.25) is 9.69 Å². The molecule has 1 aromatic carbocycles. The molecule has 1 aromatic heterocycles. The number of aromatic nitrogens is 2. The van der Waals surface area contributed by atoms with Crippen LogP contribution in [0.1, 0.15) is 74.4 Å². The van der Waals surface area contributed by atoms with E-state index in [1.807, 2.05) is 11.9 Å². The van der Waals surface area contributed by atoms with Crippen LogP contribution in [-0.2, 0) is 33.2 Å². The SMILES string of the molecule is CCOC(=O)CC1CCC(CN(C)c2ncc(Br)nc2CN2C(=O)OC(c3cc(C(F)(F)F)cc(C(F)(F)F)c3)[C@@H]2C)CC1. The number of hydrogen-bond acceptors (Lipinski definition) is 7. The first-order chi connectivity index (χ1) is 20.6. The fourth-order valence-electron chi connectivity index (χ4n) is 5.83. The predicted molar refractivity (Wildman–Crippen MR) is 150 cm³/mol. The molecule has 2 aliphatic rings. The van der Waals surface area contributed by atoms with Crippen LogP contribution in [0.2, 0.25) is 0 Å². The zero-order chi connectivity index (χ0) is 32.4. The van der Waals surface area contributed by atoms with Crippen LogP contribution < -0.4 is 4.90 Å². The highest BCUT2D eigenvalue weighted by atomic mass is 79.9. The quantitative estimate of drug-likeness (QED) is 0.198. The molecule has 1 amide bonds. The van der Waals surface area contributed by atoms with Gasteiger partial charge in [-0.15, -0.1) is 0 Å². The highest BCUT2D eigenvalue weighted by molar-refractivity contribution is 9.10. The van der Waals surface area contributed by atoms with Gasteiger partial charge in [0.15, 0.2) is 5.82 Å². The molecule has 2 aromatic rings. The van der Waals surface area contributed by atoms with Crippen LogP contribution in [0.3, 0.4) is 0 Å². The minimum absolute atomic E-state index is 0.0365. The zero-order valence-electron chi connectivity index (χ0n) is 24.3. The zero-order valence-corrected chi connectivity index (χ0v) is 25.9. The standard InChI is InChI=1S/C29H33BrF6N4O4/c1-4-43-24(41)9-17-5-7-18(8-6-17)14-39(3)26-22(38-23(30)13-37-26)15-40-16(2)25(44-27(40)42)19-10-20(28(31,32)33)12-21(11-19)29(34,35)36/h10-13,16-18,25H,4-9,14-15H2,1-3H3/t16-,17?,18?,25?/m0/s1. The number of nitrogens with zero attached hydrogens (tertiary/aromatic N) is 4. The van der Waals surface area contributed by atoms with E-state index >= 15 is 0 Å². The number of carbonyl (C=O) groups is 2. The summed E-state index contributed by atoms with van der Waals surface area (Å²) in [6.45, 7) is 4.11. The maximum atomic E-state index is 13.5. The van der Waals surface area contributed by atoms with Crippen LogP contribution in [0.15, 0.2) is 29.0 Å². The monoisotopic (exact) mass is 694 g/mol. The number of benzene rings is 1. The molecule has 0 spiro atoms. The van der Waals surface area contributed by atoms with Crippen LogP contribution in [0, 0.1) is 11.8 Å². The first kappa shape index (κ1) is 33.8. The molecule has 1 aliphatic carbocycles. The van der Waals surface area contributed by atoms with Crippen molar-refractivity contribution in [1.29, 1.82) is 0 Å². The molecule has 15 heteroatoms. The Kier molecular flexibility index (Phi) is 10.4. The molecule has 44 heavy (non-hydrogen) atoms. The second-order valence-electron chi connectivity index (χ2n) is 11.3. The molecule has 4 rings (SSSR count). The van der Waals surface area contributed by atoms with Gasteiger partial charge in [-0.1, -0.05) is 0 Å². The van der Waals surface area contributed by atoms with E-state index in [0.717, 1.165) is 25.7 Å². The smallest absolute Gasteiger partial charge is 0.416 e. The lowest BCUT2D eigenvalue weighted by molar-refractivity contribution is -0.145. The molecule has 0 radical (unpaired) electrons. The van der Waals surface area contributed by atoms with Crippen LogP contribution in [0.4, 0.5) is 37.0 Å². The summed E-state index contributed by atoms with van der Waals surface area (Å²) in [5.74, 6) is 0.885. The highest BCUT2D eigenvalue weighted by Crippen LogP contribution is 2.41. The second-order valence-corrected chi connectivity index (χ2v) is 12.1. The molecule has 2 fully saturated rings. The maximum absolute atomic E-state index is 13.5. The lowest BCUT2D eigenvalue weighted by Gasteiger charge is -2.32. The van der Waals surface area contributed by atoms with Crippen molar-refractivity contribution in [2.45, 2.75) is 77.0 Å². The Morgan fingerprint density at radius 3 is 2.23 bits per heavy atom. The van der Waals surface area contributed by atoms with E-state index in [9.17, 15) is 35.9 Å². The van der Waals surface area contributed by atoms with Gasteiger partial charge in [0, 0.05) is 20.0 Å². The van der Waals surface area contributed by atoms with E-state index in [-0.39, 0.29) is 24.5 Å². The molecule has 1 saturated heterocycles. The molecular weight excluding hydrogens is 662 g/mol. The van der Waals surface area contributed by atoms with Gasteiger partial charge in [0.05, 0.1) is 36.5 Å². The Hall–Kier alpha value is -3.10. The normalized spacial score (nSPS) is 22.6. The van der Waals surface area contributed by atoms with Crippen molar-refractivity contribution in [3.8, 4) is 0 Å². The van der Waals surface area contributed by atoms with Gasteiger partial charge in [-0.2, -0.15) is 26.3 Å². The number of esters is 1. The average Bonchev–Trinajstić information content (AvgIpc) is 3.21. The van der Waals surface area contributed by atoms with Crippen molar-refractivity contribution in [1.82, 2.24) is 14.9 Å². The lowest BCUT2D eigenvalue weighted by atomic mass is 9.80. The summed E-state index contributed by atoms with van der Waals surface area (Å²) < 4.78 is 91.5. The van der Waals surface area contributed by atoms with E-state index in [1.54, 1.807) is 6.92 Å². The van der Waals surface area contributed by atoms with Gasteiger partial charge in [-0.25, -0.2) is 14.8 Å². The number of carbonyl (C=O) groups excluding carboxylic acids is 2. The highest BCUT2D eigenvalue weighted by Gasteiger charge is 2.43. The average molecular weight is 695 g/mol. The Bertz CT molecular complexity index is 1320. The van der Waals surface area contributed by atoms with Crippen molar-refractivity contribution in [2.75, 3.05) is 25.1 Å². The fraction of sp³-hybridized carbons (Fsp3) is 0.586. The Morgan fingerprint density at radius 2 is 1.66 bits per heavy atom. The van der Waals surface area contributed by atoms with Crippen LogP contribution in [0.5, 0.6) is 0 Å². The van der Waals surface area contributed by atoms with Crippen LogP contribution >= 0.6 is 15.9 Å². The third-order valence-electron chi connectivity index (χ3n) is 8.06. The Labute approximate surface area is 259 Å². The van der Waals surface area contributed by atoms with Crippen LogP contribution in [-0.4, -0.2) is 53.2 Å². The number of hydrogen-bond donors (Lipinski definition) is 0. The molecule has 0 N–H and O–H groups in total. The lowest BCUT2D eigenvalue weighted by Crippen LogP contribution is -2.34. The predicted octanol–water partition coefficient (Wildman–Crippen LogP) is 7.55. The summed E-state index contributed by atoms with van der Waals surface area (Å²) in [5.41, 5.74) is -3.00. The number of ether oxygens (including phenoxy) is 2. The molecule has 1 unspecified atom stereocenters. The third kappa shape index (κ3) is 8.13. The number of rotatable bonds is 9. The van der Waals surface area contributed by atoms with E-state index in [0.29, 0.717) is 53.7 Å². The Balaban J connectivity index is 1.49. The summed E-state index contributed by atoms with van der Waals surface area (Å²) in [6, 6.07) is 0.273. The van der Waals surface area contributed by atoms with Crippen molar-refractivity contribution in [3.05, 3.63) is 51.4 Å². The van der Waals surface area contributed by atoms with Crippen molar-refractivity contribution in [2.24, 2.45) is 11.8 Å². The van der Waals surface area contributed by atoms with Gasteiger partial charge in [-0.05, 0) is 91.1 Å². The molecule has 2 heterocycles. The van der Waals surface area contributed by atoms with Crippen LogP contribution in [0.25, 0.3) is 0 Å². The number of anilines is 1. The summed E-state index contributed by atoms with van der Waals surface area (Å²) in [5, 5.41) is 0. The number of cyclic esters (lactones) is 1. The largest absolute Gasteiger partial charge is 0.466 e. The van der Waals surface area contributed by atoms with Gasteiger partial charge < -0.3 is 14.4 Å². The second kappa shape index (κ2) is 13.5. The molecule has 2 atom stereocenters. The van der Waals surface area contributed by atoms with E-state index in [2.05, 4.69) is 25.9 Å². The summed E-state index contributed by atoms with van der Waals surface area (Å²) in [7, 11) is 1.84. The molecule has 1 aliphatic heterocycles. The van der Waals surface area contributed by atoms with E-state index in [4.69, 9.17) is 9.47 Å². The van der Waals surface area contributed by atoms with E-state index in [1.165, 1.54) is 18.0 Å². The molecule has 1 saturated carbocycles. The molecular formula is C29H33BrF6N4O4. The topological polar surface area (TPSA) is 84.9 Å². The first-order valence-electron chi connectivity index (χ1n) is 14.2. The summed E-state index contributed by atoms with van der Waals surface area (Å²) >= 11 is 3.28. The van der Waals surface area contributed by atoms with Gasteiger partial charge in [0.25, 0.3) is 0 Å². The maximum Gasteiger partial charge on any atom is 0.416 e. The van der Waals surface area contributed by atoms with E-state index < -0.39 is 47.3 Å². The number of amides is 1. The molecule has 0 bridgehead atoms. The van der Waals surface area contributed by atoms with Gasteiger partial charge in [0.1, 0.15) is 16.4 Å². The third-order valence-corrected chi connectivity index (χ3v) is 8.45. The fourth-order valence-corrected chi connectivity index (χ4v) is 6.15. The number of halogens is 7. The first-order valence-corrected chi connectivity index (χ1v) is 15.0. The number of alkyl halides is 6.